The summed E-state index contributed by atoms with van der Waals surface area (Å²) in [7, 11) is 0. The van der Waals surface area contributed by atoms with E-state index in [4.69, 9.17) is 19.9 Å². The lowest BCUT2D eigenvalue weighted by Gasteiger charge is -2.15. The number of hydrogen-bond donors (Lipinski definition) is 0. The average molecular weight is 869 g/mol. The molecule has 6 heteroatoms. The number of hydrogen-bond acceptors (Lipinski definition) is 4. The van der Waals surface area contributed by atoms with Crippen LogP contribution in [0.1, 0.15) is 0 Å². The Morgan fingerprint density at radius 1 is 0.265 bits per heavy atom. The number of rotatable bonds is 8. The van der Waals surface area contributed by atoms with Gasteiger partial charge in [-0.1, -0.05) is 206 Å². The molecule has 0 amide bonds. The molecule has 0 saturated heterocycles. The van der Waals surface area contributed by atoms with Crippen LogP contribution in [0.4, 0.5) is 0 Å². The quantitative estimate of drug-likeness (QED) is 0.153. The Kier molecular flexibility index (Phi) is 9.39. The summed E-state index contributed by atoms with van der Waals surface area (Å²) in [5.74, 6) is 1.78. The summed E-state index contributed by atoms with van der Waals surface area (Å²) >= 11 is 0. The van der Waals surface area contributed by atoms with Gasteiger partial charge in [-0.3, -0.25) is 4.57 Å². The molecule has 68 heavy (non-hydrogen) atoms. The highest BCUT2D eigenvalue weighted by atomic mass is 15.2. The maximum atomic E-state index is 5.33. The van der Waals surface area contributed by atoms with Gasteiger partial charge >= 0.3 is 0 Å². The Labute approximate surface area is 392 Å². The van der Waals surface area contributed by atoms with Gasteiger partial charge in [0.1, 0.15) is 0 Å². The molecule has 13 rings (SSSR count). The summed E-state index contributed by atoms with van der Waals surface area (Å²) < 4.78 is 4.64. The first-order valence-electron chi connectivity index (χ1n) is 22.9. The zero-order valence-corrected chi connectivity index (χ0v) is 36.8. The van der Waals surface area contributed by atoms with Gasteiger partial charge in [-0.05, 0) is 58.7 Å². The monoisotopic (exact) mass is 868 g/mol. The number of nitrogens with zero attached hydrogens (tertiary/aromatic N) is 6. The van der Waals surface area contributed by atoms with Gasteiger partial charge in [0.15, 0.2) is 11.6 Å². The molecule has 0 spiro atoms. The lowest BCUT2D eigenvalue weighted by Crippen LogP contribution is -2.07. The van der Waals surface area contributed by atoms with Crippen molar-refractivity contribution in [3.05, 3.63) is 243 Å². The molecule has 0 aliphatic carbocycles. The summed E-state index contributed by atoms with van der Waals surface area (Å²) in [6, 6.07) is 85.1. The summed E-state index contributed by atoms with van der Waals surface area (Å²) in [5, 5.41) is 4.53. The number of para-hydroxylation sites is 2. The van der Waals surface area contributed by atoms with Crippen LogP contribution in [0.15, 0.2) is 243 Å². The maximum Gasteiger partial charge on any atom is 0.238 e. The summed E-state index contributed by atoms with van der Waals surface area (Å²) in [5.41, 5.74) is 15.6. The molecule has 6 nitrogen and oxygen atoms in total. The van der Waals surface area contributed by atoms with Crippen molar-refractivity contribution in [2.75, 3.05) is 0 Å². The third-order valence-electron chi connectivity index (χ3n) is 13.0. The molecule has 0 unspecified atom stereocenters. The van der Waals surface area contributed by atoms with Crippen molar-refractivity contribution in [3.8, 4) is 79.2 Å². The molecule has 0 aliphatic heterocycles. The van der Waals surface area contributed by atoms with Crippen molar-refractivity contribution in [1.29, 1.82) is 0 Å². The van der Waals surface area contributed by atoms with E-state index < -0.39 is 0 Å². The minimum absolute atomic E-state index is 0.553. The van der Waals surface area contributed by atoms with Crippen LogP contribution in [0.25, 0.3) is 123 Å². The predicted octanol–water partition coefficient (Wildman–Crippen LogP) is 15.5. The maximum absolute atomic E-state index is 5.33. The third kappa shape index (κ3) is 6.66. The van der Waals surface area contributed by atoms with Gasteiger partial charge in [0, 0.05) is 49.5 Å². The van der Waals surface area contributed by atoms with Crippen LogP contribution in [-0.4, -0.2) is 29.1 Å². The highest BCUT2D eigenvalue weighted by Crippen LogP contribution is 2.42. The van der Waals surface area contributed by atoms with E-state index in [1.54, 1.807) is 0 Å². The summed E-state index contributed by atoms with van der Waals surface area (Å²) in [4.78, 5) is 21.0. The highest BCUT2D eigenvalue weighted by Gasteiger charge is 2.24. The SMILES string of the molecule is c1ccc(-c2cc(-c3ccccc3-c3ccccc3)cc(-c3ccc(-n4c5ccccc5c5ccc6c7ccccc7n(-c7nc(-c8ccccc8)nc(-c8ccccc8)n7)c6c54)cc3)n2)cc1. The smallest absolute Gasteiger partial charge is 0.238 e. The molecule has 4 heterocycles. The molecule has 4 aromatic heterocycles. The molecule has 0 atom stereocenters. The molecular weight excluding hydrogens is 829 g/mol. The minimum Gasteiger partial charge on any atom is -0.307 e. The molecule has 318 valence electrons. The van der Waals surface area contributed by atoms with Gasteiger partial charge < -0.3 is 4.57 Å². The molecule has 0 N–H and O–H groups in total. The van der Waals surface area contributed by atoms with Gasteiger partial charge in [0.25, 0.3) is 0 Å². The number of pyridine rings is 1. The zero-order valence-electron chi connectivity index (χ0n) is 36.8. The standard InChI is InChI=1S/C62H40N6/c1-5-19-41(20-6-1)48-27-13-14-28-49(48)46-39-54(42-21-7-2-8-22-42)63-55(40-46)43-33-35-47(36-34-43)67-56-31-17-15-29-50(56)52-37-38-53-51-30-16-18-32-57(51)68(59(53)58(52)67)62-65-60(44-23-9-3-10-24-44)64-61(66-62)45-25-11-4-12-26-45/h1-40H. The fourth-order valence-corrected chi connectivity index (χ4v) is 9.85. The normalized spacial score (nSPS) is 11.5. The fourth-order valence-electron chi connectivity index (χ4n) is 9.85. The molecule has 0 aliphatic rings. The Bertz CT molecular complexity index is 3930. The topological polar surface area (TPSA) is 61.4 Å². The van der Waals surface area contributed by atoms with Crippen molar-refractivity contribution in [1.82, 2.24) is 29.1 Å². The van der Waals surface area contributed by atoms with Crippen molar-refractivity contribution in [2.24, 2.45) is 0 Å². The second kappa shape index (κ2) is 16.3. The van der Waals surface area contributed by atoms with E-state index in [1.807, 2.05) is 42.5 Å². The molecular formula is C62H40N6. The first kappa shape index (κ1) is 39.1. The number of benzene rings is 9. The number of aromatic nitrogens is 6. The van der Waals surface area contributed by atoms with Crippen molar-refractivity contribution >= 4 is 43.6 Å². The molecule has 0 bridgehead atoms. The number of fused-ring (bicyclic) bond motifs is 7. The van der Waals surface area contributed by atoms with Crippen LogP contribution in [0, 0.1) is 0 Å². The van der Waals surface area contributed by atoms with Crippen molar-refractivity contribution in [2.45, 2.75) is 0 Å². The molecule has 0 radical (unpaired) electrons. The Morgan fingerprint density at radius 3 is 1.22 bits per heavy atom. The fraction of sp³-hybridized carbons (Fsp3) is 0. The third-order valence-corrected chi connectivity index (χ3v) is 13.0. The van der Waals surface area contributed by atoms with Gasteiger partial charge in [0.2, 0.25) is 5.95 Å². The van der Waals surface area contributed by atoms with Gasteiger partial charge in [-0.25, -0.2) is 9.97 Å². The lowest BCUT2D eigenvalue weighted by molar-refractivity contribution is 0.953. The first-order chi connectivity index (χ1) is 33.7. The Hall–Kier alpha value is -9.26. The molecule has 13 aromatic rings. The Morgan fingerprint density at radius 2 is 0.676 bits per heavy atom. The highest BCUT2D eigenvalue weighted by molar-refractivity contribution is 6.23. The minimum atomic E-state index is 0.553. The molecule has 9 aromatic carbocycles. The molecule has 0 saturated carbocycles. The van der Waals surface area contributed by atoms with Gasteiger partial charge in [0.05, 0.1) is 33.5 Å². The van der Waals surface area contributed by atoms with E-state index >= 15 is 0 Å². The second-order valence-electron chi connectivity index (χ2n) is 17.0. The first-order valence-corrected chi connectivity index (χ1v) is 22.9. The molecule has 0 fully saturated rings. The average Bonchev–Trinajstić information content (AvgIpc) is 3.95. The van der Waals surface area contributed by atoms with Crippen LogP contribution in [0.5, 0.6) is 0 Å². The lowest BCUT2D eigenvalue weighted by atomic mass is 9.93. The van der Waals surface area contributed by atoms with Crippen molar-refractivity contribution < 1.29 is 0 Å². The van der Waals surface area contributed by atoms with E-state index in [1.165, 1.54) is 11.1 Å². The zero-order chi connectivity index (χ0) is 45.0. The van der Waals surface area contributed by atoms with E-state index in [-0.39, 0.29) is 0 Å². The second-order valence-corrected chi connectivity index (χ2v) is 17.0. The predicted molar refractivity (Wildman–Crippen MR) is 279 cm³/mol. The van der Waals surface area contributed by atoms with Crippen LogP contribution in [0.3, 0.4) is 0 Å². The van der Waals surface area contributed by atoms with Crippen LogP contribution >= 0.6 is 0 Å². The Balaban J connectivity index is 1.03. The van der Waals surface area contributed by atoms with E-state index in [0.29, 0.717) is 17.6 Å². The van der Waals surface area contributed by atoms with E-state index in [2.05, 4.69) is 209 Å². The van der Waals surface area contributed by atoms with Crippen LogP contribution in [-0.2, 0) is 0 Å². The van der Waals surface area contributed by atoms with E-state index in [9.17, 15) is 0 Å². The van der Waals surface area contributed by atoms with E-state index in [0.717, 1.165) is 94.1 Å². The van der Waals surface area contributed by atoms with Gasteiger partial charge in [-0.15, -0.1) is 0 Å². The largest absolute Gasteiger partial charge is 0.307 e. The summed E-state index contributed by atoms with van der Waals surface area (Å²) in [6.45, 7) is 0. The summed E-state index contributed by atoms with van der Waals surface area (Å²) in [6.07, 6.45) is 0. The van der Waals surface area contributed by atoms with Crippen LogP contribution < -0.4 is 0 Å². The van der Waals surface area contributed by atoms with Crippen LogP contribution in [0.2, 0.25) is 0 Å². The van der Waals surface area contributed by atoms with Gasteiger partial charge in [-0.2, -0.15) is 9.97 Å². The van der Waals surface area contributed by atoms with Crippen molar-refractivity contribution in [3.63, 3.8) is 0 Å².